The standard InChI is InChI=1S/C18H31N5O2S/c1-17(2,12-19-5)15-21-22-16(26-15)20-14(24)18(3,4)23(6)11-13-7-9-25-10-8-13/h13H,5,7-12H2,1-4,6H3,(H,20,22,24). The van der Waals surface area contributed by atoms with Crippen LogP contribution in [0.3, 0.4) is 0 Å². The number of ether oxygens (including phenoxy) is 1. The van der Waals surface area contributed by atoms with Crippen LogP contribution in [0.5, 0.6) is 0 Å². The minimum absolute atomic E-state index is 0.0746. The molecule has 2 heterocycles. The highest BCUT2D eigenvalue weighted by atomic mass is 32.1. The molecule has 0 radical (unpaired) electrons. The molecule has 26 heavy (non-hydrogen) atoms. The first-order chi connectivity index (χ1) is 12.2. The molecule has 7 nitrogen and oxygen atoms in total. The molecular formula is C18H31N5O2S. The average Bonchev–Trinajstić information content (AvgIpc) is 3.05. The van der Waals surface area contributed by atoms with E-state index in [9.17, 15) is 4.79 Å². The number of amides is 1. The summed E-state index contributed by atoms with van der Waals surface area (Å²) >= 11 is 1.39. The molecule has 1 saturated heterocycles. The van der Waals surface area contributed by atoms with Gasteiger partial charge in [-0.05, 0) is 46.4 Å². The van der Waals surface area contributed by atoms with Crippen LogP contribution < -0.4 is 5.32 Å². The molecule has 1 fully saturated rings. The second kappa shape index (κ2) is 8.54. The fourth-order valence-electron chi connectivity index (χ4n) is 2.86. The van der Waals surface area contributed by atoms with Crippen molar-refractivity contribution in [2.24, 2.45) is 10.9 Å². The minimum atomic E-state index is -0.637. The van der Waals surface area contributed by atoms with Gasteiger partial charge >= 0.3 is 0 Å². The number of hydrogen-bond acceptors (Lipinski definition) is 7. The smallest absolute Gasteiger partial charge is 0.246 e. The Bertz CT molecular complexity index is 623. The van der Waals surface area contributed by atoms with Crippen LogP contribution in [0.4, 0.5) is 5.13 Å². The van der Waals surface area contributed by atoms with E-state index in [4.69, 9.17) is 4.74 Å². The van der Waals surface area contributed by atoms with E-state index in [-0.39, 0.29) is 11.3 Å². The Morgan fingerprint density at radius 2 is 2.00 bits per heavy atom. The maximum atomic E-state index is 12.8. The number of carbonyl (C=O) groups excluding carboxylic acids is 1. The summed E-state index contributed by atoms with van der Waals surface area (Å²) < 4.78 is 5.42. The third-order valence-corrected chi connectivity index (χ3v) is 6.32. The van der Waals surface area contributed by atoms with E-state index in [0.29, 0.717) is 17.6 Å². The molecule has 1 aromatic heterocycles. The van der Waals surface area contributed by atoms with Gasteiger partial charge < -0.3 is 4.74 Å². The summed E-state index contributed by atoms with van der Waals surface area (Å²) in [7, 11) is 2.00. The fraction of sp³-hybridized carbons (Fsp3) is 0.778. The highest BCUT2D eigenvalue weighted by Crippen LogP contribution is 2.29. The van der Waals surface area contributed by atoms with Crippen molar-refractivity contribution in [3.8, 4) is 0 Å². The summed E-state index contributed by atoms with van der Waals surface area (Å²) in [5.74, 6) is 0.496. The molecular weight excluding hydrogens is 350 g/mol. The Morgan fingerprint density at radius 3 is 2.62 bits per heavy atom. The Kier molecular flexibility index (Phi) is 6.87. The predicted molar refractivity (Wildman–Crippen MR) is 106 cm³/mol. The van der Waals surface area contributed by atoms with Crippen LogP contribution in [0.1, 0.15) is 45.5 Å². The molecule has 0 unspecified atom stereocenters. The van der Waals surface area contributed by atoms with E-state index in [1.165, 1.54) is 11.3 Å². The normalized spacial score (nSPS) is 16.7. The lowest BCUT2D eigenvalue weighted by molar-refractivity contribution is -0.126. The summed E-state index contributed by atoms with van der Waals surface area (Å²) in [6.45, 7) is 14.6. The third-order valence-electron chi connectivity index (χ3n) is 5.11. The van der Waals surface area contributed by atoms with Gasteiger partial charge in [-0.1, -0.05) is 25.2 Å². The molecule has 0 atom stereocenters. The fourth-order valence-corrected chi connectivity index (χ4v) is 3.69. The van der Waals surface area contributed by atoms with E-state index in [1.807, 2.05) is 34.7 Å². The second-order valence-electron chi connectivity index (χ2n) is 8.13. The molecule has 0 bridgehead atoms. The number of likely N-dealkylation sites (N-methyl/N-ethyl adjacent to an activating group) is 1. The van der Waals surface area contributed by atoms with Crippen molar-refractivity contribution in [2.45, 2.75) is 51.5 Å². The molecule has 0 aliphatic carbocycles. The van der Waals surface area contributed by atoms with Crippen LogP contribution in [0.25, 0.3) is 0 Å². The summed E-state index contributed by atoms with van der Waals surface area (Å²) in [5, 5.41) is 12.6. The topological polar surface area (TPSA) is 79.7 Å². The molecule has 8 heteroatoms. The minimum Gasteiger partial charge on any atom is -0.381 e. The Balaban J connectivity index is 1.98. The van der Waals surface area contributed by atoms with Crippen molar-refractivity contribution in [3.63, 3.8) is 0 Å². The molecule has 1 aliphatic heterocycles. The molecule has 0 aromatic carbocycles. The van der Waals surface area contributed by atoms with E-state index in [0.717, 1.165) is 37.6 Å². The van der Waals surface area contributed by atoms with Gasteiger partial charge in [-0.3, -0.25) is 20.0 Å². The van der Waals surface area contributed by atoms with Gasteiger partial charge in [0.05, 0.1) is 5.54 Å². The van der Waals surface area contributed by atoms with Gasteiger partial charge in [-0.25, -0.2) is 0 Å². The Morgan fingerprint density at radius 1 is 1.35 bits per heavy atom. The molecule has 0 spiro atoms. The Hall–Kier alpha value is -1.38. The van der Waals surface area contributed by atoms with Crippen molar-refractivity contribution in [3.05, 3.63) is 5.01 Å². The largest absolute Gasteiger partial charge is 0.381 e. The molecule has 1 aromatic rings. The van der Waals surface area contributed by atoms with Crippen LogP contribution in [0, 0.1) is 5.92 Å². The first kappa shape index (κ1) is 20.9. The van der Waals surface area contributed by atoms with E-state index in [2.05, 4.69) is 32.1 Å². The first-order valence-electron chi connectivity index (χ1n) is 9.03. The summed E-state index contributed by atoms with van der Waals surface area (Å²) in [6.07, 6.45) is 2.10. The van der Waals surface area contributed by atoms with E-state index >= 15 is 0 Å². The summed E-state index contributed by atoms with van der Waals surface area (Å²) in [6, 6.07) is 0. The van der Waals surface area contributed by atoms with Crippen LogP contribution in [-0.4, -0.2) is 66.6 Å². The number of nitrogens with one attached hydrogen (secondary N) is 1. The van der Waals surface area contributed by atoms with Gasteiger partial charge in [0.2, 0.25) is 11.0 Å². The van der Waals surface area contributed by atoms with Crippen LogP contribution in [-0.2, 0) is 14.9 Å². The zero-order valence-electron chi connectivity index (χ0n) is 16.5. The van der Waals surface area contributed by atoms with Crippen molar-refractivity contribution >= 4 is 29.1 Å². The quantitative estimate of drug-likeness (QED) is 0.700. The molecule has 1 amide bonds. The van der Waals surface area contributed by atoms with Crippen molar-refractivity contribution in [2.75, 3.05) is 38.7 Å². The highest BCUT2D eigenvalue weighted by Gasteiger charge is 2.35. The van der Waals surface area contributed by atoms with Crippen molar-refractivity contribution < 1.29 is 9.53 Å². The monoisotopic (exact) mass is 381 g/mol. The van der Waals surface area contributed by atoms with Gasteiger partial charge in [-0.15, -0.1) is 10.2 Å². The Labute approximate surface area is 160 Å². The van der Waals surface area contributed by atoms with Gasteiger partial charge in [0.25, 0.3) is 0 Å². The van der Waals surface area contributed by atoms with Gasteiger partial charge in [-0.2, -0.15) is 0 Å². The number of aromatic nitrogens is 2. The van der Waals surface area contributed by atoms with Crippen molar-refractivity contribution in [1.82, 2.24) is 15.1 Å². The number of rotatable bonds is 8. The lowest BCUT2D eigenvalue weighted by Crippen LogP contribution is -2.52. The second-order valence-corrected chi connectivity index (χ2v) is 9.10. The maximum Gasteiger partial charge on any atom is 0.246 e. The predicted octanol–water partition coefficient (Wildman–Crippen LogP) is 2.59. The number of carbonyl (C=O) groups is 1. The summed E-state index contributed by atoms with van der Waals surface area (Å²) in [5.41, 5.74) is -0.875. The van der Waals surface area contributed by atoms with Crippen LogP contribution in [0.15, 0.2) is 4.99 Å². The molecule has 1 aliphatic rings. The van der Waals surface area contributed by atoms with Crippen LogP contribution >= 0.6 is 11.3 Å². The number of aliphatic imine (C=N–C) groups is 1. The SMILES string of the molecule is C=NCC(C)(C)c1nnc(NC(=O)C(C)(C)N(C)CC2CCOCC2)s1. The molecule has 1 N–H and O–H groups in total. The number of nitrogens with zero attached hydrogens (tertiary/aromatic N) is 4. The summed E-state index contributed by atoms with van der Waals surface area (Å²) in [4.78, 5) is 18.9. The zero-order valence-corrected chi connectivity index (χ0v) is 17.4. The number of hydrogen-bond donors (Lipinski definition) is 1. The van der Waals surface area contributed by atoms with E-state index in [1.54, 1.807) is 0 Å². The molecule has 146 valence electrons. The zero-order chi connectivity index (χ0) is 19.4. The first-order valence-corrected chi connectivity index (χ1v) is 9.85. The van der Waals surface area contributed by atoms with E-state index < -0.39 is 5.54 Å². The van der Waals surface area contributed by atoms with Gasteiger partial charge in [0, 0.05) is 31.7 Å². The van der Waals surface area contributed by atoms with Gasteiger partial charge in [0.1, 0.15) is 5.01 Å². The highest BCUT2D eigenvalue weighted by molar-refractivity contribution is 7.15. The lowest BCUT2D eigenvalue weighted by Gasteiger charge is -2.37. The molecule has 2 rings (SSSR count). The van der Waals surface area contributed by atoms with Gasteiger partial charge in [0.15, 0.2) is 0 Å². The lowest BCUT2D eigenvalue weighted by atomic mass is 9.95. The maximum absolute atomic E-state index is 12.8. The third kappa shape index (κ3) is 5.08. The number of anilines is 1. The molecule has 0 saturated carbocycles. The van der Waals surface area contributed by atoms with Crippen LogP contribution in [0.2, 0.25) is 0 Å². The van der Waals surface area contributed by atoms with Crippen molar-refractivity contribution in [1.29, 1.82) is 0 Å². The average molecular weight is 382 g/mol.